The molecule has 0 amide bonds. The van der Waals surface area contributed by atoms with Crippen LogP contribution in [0.4, 0.5) is 11.4 Å². The van der Waals surface area contributed by atoms with Crippen molar-refractivity contribution in [2.75, 3.05) is 30.0 Å². The van der Waals surface area contributed by atoms with Gasteiger partial charge in [0.05, 0.1) is 0 Å². The Morgan fingerprint density at radius 1 is 1.00 bits per heavy atom. The second-order valence-corrected chi connectivity index (χ2v) is 6.68. The second-order valence-electron chi connectivity index (χ2n) is 6.13. The predicted octanol–water partition coefficient (Wildman–Crippen LogP) is 3.76. The van der Waals surface area contributed by atoms with Gasteiger partial charge in [0.15, 0.2) is 0 Å². The summed E-state index contributed by atoms with van der Waals surface area (Å²) in [5.74, 6) is 1.89. The fourth-order valence-corrected chi connectivity index (χ4v) is 4.15. The molecule has 2 aromatic rings. The summed E-state index contributed by atoms with van der Waals surface area (Å²) < 4.78 is 10.2. The molecule has 1 aliphatic heterocycles. The topological polar surface area (TPSA) is 28.1 Å². The molecule has 5 heteroatoms. The molecule has 123 valence electrons. The maximum absolute atomic E-state index is 5.55. The van der Waals surface area contributed by atoms with Crippen LogP contribution in [-0.4, -0.2) is 26.2 Å². The van der Waals surface area contributed by atoms with E-state index >= 15 is 0 Å². The van der Waals surface area contributed by atoms with Crippen LogP contribution in [0.3, 0.4) is 0 Å². The Hall–Kier alpha value is -1.61. The number of para-hydroxylation sites is 2. The van der Waals surface area contributed by atoms with Crippen LogP contribution in [0.25, 0.3) is 0 Å². The third kappa shape index (κ3) is 3.02. The zero-order valence-electron chi connectivity index (χ0n) is 14.6. The number of methoxy groups -OCH3 is 1. The van der Waals surface area contributed by atoms with Gasteiger partial charge in [0, 0.05) is 0 Å². The summed E-state index contributed by atoms with van der Waals surface area (Å²) in [6.45, 7) is 8.34. The van der Waals surface area contributed by atoms with Crippen molar-refractivity contribution in [3.05, 3.63) is 53.1 Å². The first kappa shape index (κ1) is 17.2. The molecule has 0 atom stereocenters. The fourth-order valence-electron chi connectivity index (χ4n) is 3.56. The van der Waals surface area contributed by atoms with E-state index in [-0.39, 0.29) is 0 Å². The van der Waals surface area contributed by atoms with Crippen molar-refractivity contribution in [3.63, 3.8) is 0 Å². The summed E-state index contributed by atoms with van der Waals surface area (Å²) in [6.07, 6.45) is 0. The quantitative estimate of drug-likeness (QED) is 0.787. The van der Waals surface area contributed by atoms with Crippen molar-refractivity contribution in [1.29, 1.82) is 0 Å². The molecule has 1 saturated heterocycles. The number of hydrogen-bond donors (Lipinski definition) is 0. The number of hydrogen-bond acceptors (Lipinski definition) is 2. The fraction of sp³-hybridized carbons (Fsp3) is 0.316. The molecule has 0 spiro atoms. The van der Waals surface area contributed by atoms with Gasteiger partial charge in [-0.05, 0) is 0 Å². The molecule has 2 aromatic carbocycles. The van der Waals surface area contributed by atoms with Crippen LogP contribution < -0.4 is 14.5 Å². The van der Waals surface area contributed by atoms with Crippen LogP contribution in [0.15, 0.2) is 39.3 Å². The summed E-state index contributed by atoms with van der Waals surface area (Å²) in [5.41, 5.74) is 6.25. The Morgan fingerprint density at radius 2 is 1.62 bits per heavy atom. The molecule has 1 fully saturated rings. The Bertz CT molecular complexity index is 765. The summed E-state index contributed by atoms with van der Waals surface area (Å²) in [4.78, 5) is 4.59. The molecular formula is C19H22N3OZr. The van der Waals surface area contributed by atoms with Crippen LogP contribution in [-0.2, 0) is 25.0 Å². The number of aryl methyl sites for hydroxylation is 3. The molecular weight excluding hydrogens is 377 g/mol. The van der Waals surface area contributed by atoms with Crippen LogP contribution >= 0.6 is 0 Å². The molecule has 24 heavy (non-hydrogen) atoms. The first-order valence-electron chi connectivity index (χ1n) is 8.07. The van der Waals surface area contributed by atoms with Crippen molar-refractivity contribution in [3.8, 4) is 5.75 Å². The molecule has 0 aliphatic carbocycles. The molecule has 0 N–H and O–H groups in total. The molecule has 0 saturated carbocycles. The van der Waals surface area contributed by atoms with Crippen LogP contribution in [0.2, 0.25) is 0 Å². The van der Waals surface area contributed by atoms with Gasteiger partial charge in [-0.3, -0.25) is 0 Å². The average Bonchev–Trinajstić information content (AvgIpc) is 2.97. The van der Waals surface area contributed by atoms with Gasteiger partial charge < -0.3 is 0 Å². The normalized spacial score (nSPS) is 16.0. The zero-order valence-corrected chi connectivity index (χ0v) is 17.1. The number of guanidine groups is 1. The maximum atomic E-state index is 5.55. The molecule has 3 rings (SSSR count). The molecule has 0 aromatic heterocycles. The SMILES string of the molecule is COc1ccccc1N1CCN(c2c(C)cc(C)cc2C)C1=[N][Zr]. The van der Waals surface area contributed by atoms with E-state index in [0.717, 1.165) is 55.5 Å². The Balaban J connectivity index is 2.03. The van der Waals surface area contributed by atoms with Gasteiger partial charge in [0.2, 0.25) is 0 Å². The molecule has 0 bridgehead atoms. The van der Waals surface area contributed by atoms with E-state index in [0.29, 0.717) is 0 Å². The van der Waals surface area contributed by atoms with Crippen molar-refractivity contribution < 1.29 is 29.7 Å². The van der Waals surface area contributed by atoms with Gasteiger partial charge in [-0.15, -0.1) is 0 Å². The zero-order chi connectivity index (χ0) is 17.3. The van der Waals surface area contributed by atoms with Crippen LogP contribution in [0, 0.1) is 20.8 Å². The standard InChI is InChI=1S/C19H22N3O.Zr/c1-13-11-14(2)18(15(3)12-13)22-10-9-21(19(22)20)16-7-5-6-8-17(16)23-4;/h5-8,11-12H,9-10H2,1-4H3;/q-1;+1. The second kappa shape index (κ2) is 7.10. The number of ether oxygens (including phenoxy) is 1. The van der Waals surface area contributed by atoms with Gasteiger partial charge in [0.1, 0.15) is 0 Å². The van der Waals surface area contributed by atoms with Crippen LogP contribution in [0.5, 0.6) is 5.75 Å². The van der Waals surface area contributed by atoms with Crippen LogP contribution in [0.1, 0.15) is 16.7 Å². The third-order valence-electron chi connectivity index (χ3n) is 4.41. The van der Waals surface area contributed by atoms with E-state index in [2.05, 4.69) is 51.7 Å². The molecule has 1 heterocycles. The summed E-state index contributed by atoms with van der Waals surface area (Å²) in [7, 11) is 1.72. The Labute approximate surface area is 159 Å². The number of anilines is 2. The molecule has 4 nitrogen and oxygen atoms in total. The molecule has 0 unspecified atom stereocenters. The van der Waals surface area contributed by atoms with Crippen molar-refractivity contribution in [2.45, 2.75) is 20.8 Å². The van der Waals surface area contributed by atoms with E-state index in [1.54, 1.807) is 7.11 Å². The third-order valence-corrected chi connectivity index (χ3v) is 4.90. The Kier molecular flexibility index (Phi) is 5.10. The number of rotatable bonds is 3. The van der Waals surface area contributed by atoms with Gasteiger partial charge >= 0.3 is 160 Å². The average molecular weight is 400 g/mol. The first-order chi connectivity index (χ1) is 11.6. The molecule has 1 aliphatic rings. The van der Waals surface area contributed by atoms with Crippen molar-refractivity contribution in [2.24, 2.45) is 2.94 Å². The van der Waals surface area contributed by atoms with E-state index in [9.17, 15) is 0 Å². The predicted molar refractivity (Wildman–Crippen MR) is 95.8 cm³/mol. The van der Waals surface area contributed by atoms with Crippen molar-refractivity contribution >= 4 is 17.3 Å². The van der Waals surface area contributed by atoms with E-state index in [1.165, 1.54) is 22.4 Å². The van der Waals surface area contributed by atoms with E-state index < -0.39 is 0 Å². The van der Waals surface area contributed by atoms with E-state index in [4.69, 9.17) is 4.74 Å². The van der Waals surface area contributed by atoms with Crippen molar-refractivity contribution in [1.82, 2.24) is 0 Å². The van der Waals surface area contributed by atoms with Gasteiger partial charge in [-0.1, -0.05) is 0 Å². The number of benzene rings is 2. The summed E-state index contributed by atoms with van der Waals surface area (Å²) in [5, 5.41) is 0. The van der Waals surface area contributed by atoms with E-state index in [1.807, 2.05) is 18.2 Å². The molecule has 0 radical (unpaired) electrons. The first-order valence-corrected chi connectivity index (χ1v) is 9.17. The number of nitrogens with zero attached hydrogens (tertiary/aromatic N) is 3. The minimum absolute atomic E-state index is 0.883. The van der Waals surface area contributed by atoms with Gasteiger partial charge in [0.25, 0.3) is 0 Å². The summed E-state index contributed by atoms with van der Waals surface area (Å²) >= 11 is 1.15. The van der Waals surface area contributed by atoms with Gasteiger partial charge in [-0.2, -0.15) is 0 Å². The van der Waals surface area contributed by atoms with Gasteiger partial charge in [-0.25, -0.2) is 0 Å². The monoisotopic (exact) mass is 398 g/mol. The summed E-state index contributed by atoms with van der Waals surface area (Å²) in [6, 6.07) is 12.6. The minimum atomic E-state index is 0.883. The Morgan fingerprint density at radius 3 is 2.25 bits per heavy atom.